The van der Waals surface area contributed by atoms with Crippen molar-refractivity contribution in [3.63, 3.8) is 0 Å². The normalized spacial score (nSPS) is 11.9. The SMILES string of the molecule is COc1ccc(NC(=O)C(C)n2c(-c3cccs3)n[nH]c2=S)cc1. The van der Waals surface area contributed by atoms with Gasteiger partial charge in [0.25, 0.3) is 0 Å². The van der Waals surface area contributed by atoms with Crippen molar-refractivity contribution >= 4 is 35.1 Å². The predicted octanol–water partition coefficient (Wildman–Crippen LogP) is 3.88. The van der Waals surface area contributed by atoms with Crippen molar-refractivity contribution in [2.75, 3.05) is 12.4 Å². The Labute approximate surface area is 148 Å². The number of nitrogens with zero attached hydrogens (tertiary/aromatic N) is 2. The number of thiophene rings is 1. The van der Waals surface area contributed by atoms with Gasteiger partial charge in [0, 0.05) is 5.69 Å². The summed E-state index contributed by atoms with van der Waals surface area (Å²) < 4.78 is 7.25. The zero-order chi connectivity index (χ0) is 17.1. The van der Waals surface area contributed by atoms with Crippen LogP contribution >= 0.6 is 23.6 Å². The van der Waals surface area contributed by atoms with Gasteiger partial charge in [-0.2, -0.15) is 5.10 Å². The molecule has 0 fully saturated rings. The average molecular weight is 360 g/mol. The van der Waals surface area contributed by atoms with Crippen LogP contribution in [0.4, 0.5) is 5.69 Å². The number of hydrogen-bond donors (Lipinski definition) is 2. The van der Waals surface area contributed by atoms with Gasteiger partial charge in [0.1, 0.15) is 11.8 Å². The minimum absolute atomic E-state index is 0.171. The van der Waals surface area contributed by atoms with Crippen molar-refractivity contribution in [3.8, 4) is 16.5 Å². The van der Waals surface area contributed by atoms with E-state index in [1.165, 1.54) is 0 Å². The van der Waals surface area contributed by atoms with Gasteiger partial charge in [0.15, 0.2) is 10.6 Å². The van der Waals surface area contributed by atoms with Crippen LogP contribution in [0.1, 0.15) is 13.0 Å². The highest BCUT2D eigenvalue weighted by atomic mass is 32.1. The topological polar surface area (TPSA) is 71.9 Å². The van der Waals surface area contributed by atoms with Crippen molar-refractivity contribution in [2.24, 2.45) is 0 Å². The first-order valence-electron chi connectivity index (χ1n) is 7.26. The highest BCUT2D eigenvalue weighted by molar-refractivity contribution is 7.71. The lowest BCUT2D eigenvalue weighted by atomic mass is 10.2. The fourth-order valence-corrected chi connectivity index (χ4v) is 3.28. The Morgan fingerprint density at radius 3 is 2.75 bits per heavy atom. The number of carbonyl (C=O) groups excluding carboxylic acids is 1. The number of ether oxygens (including phenoxy) is 1. The molecular formula is C16H16N4O2S2. The molecule has 0 aliphatic carbocycles. The van der Waals surface area contributed by atoms with Crippen LogP contribution in [0.25, 0.3) is 10.7 Å². The minimum atomic E-state index is -0.504. The number of hydrogen-bond acceptors (Lipinski definition) is 5. The van der Waals surface area contributed by atoms with Crippen LogP contribution in [0.15, 0.2) is 41.8 Å². The molecule has 8 heteroatoms. The molecule has 2 heterocycles. The van der Waals surface area contributed by atoms with Crippen LogP contribution in [0.5, 0.6) is 5.75 Å². The number of carbonyl (C=O) groups is 1. The van der Waals surface area contributed by atoms with E-state index in [2.05, 4.69) is 15.5 Å². The number of aromatic nitrogens is 3. The summed E-state index contributed by atoms with van der Waals surface area (Å²) in [6.45, 7) is 1.79. The molecule has 1 atom stereocenters. The third kappa shape index (κ3) is 3.24. The molecule has 6 nitrogen and oxygen atoms in total. The summed E-state index contributed by atoms with van der Waals surface area (Å²) in [4.78, 5) is 13.5. The molecule has 0 aliphatic heterocycles. The van der Waals surface area contributed by atoms with Crippen LogP contribution in [0, 0.1) is 4.77 Å². The van der Waals surface area contributed by atoms with E-state index in [1.54, 1.807) is 54.2 Å². The number of H-pyrrole nitrogens is 1. The number of rotatable bonds is 5. The lowest BCUT2D eigenvalue weighted by molar-refractivity contribution is -0.118. The van der Waals surface area contributed by atoms with Gasteiger partial charge in [-0.3, -0.25) is 14.5 Å². The van der Waals surface area contributed by atoms with Gasteiger partial charge < -0.3 is 10.1 Å². The van der Waals surface area contributed by atoms with Crippen LogP contribution in [-0.4, -0.2) is 27.8 Å². The van der Waals surface area contributed by atoms with Crippen LogP contribution in [-0.2, 0) is 4.79 Å². The van der Waals surface area contributed by atoms with Crippen LogP contribution in [0.2, 0.25) is 0 Å². The van der Waals surface area contributed by atoms with Crippen molar-refractivity contribution < 1.29 is 9.53 Å². The molecule has 3 aromatic rings. The predicted molar refractivity (Wildman–Crippen MR) is 97.1 cm³/mol. The monoisotopic (exact) mass is 360 g/mol. The smallest absolute Gasteiger partial charge is 0.247 e. The molecule has 0 bridgehead atoms. The first-order chi connectivity index (χ1) is 11.6. The summed E-state index contributed by atoms with van der Waals surface area (Å²) in [5.41, 5.74) is 0.695. The van der Waals surface area contributed by atoms with E-state index >= 15 is 0 Å². The Kier molecular flexibility index (Phi) is 4.77. The summed E-state index contributed by atoms with van der Waals surface area (Å²) in [6, 6.07) is 10.5. The molecule has 2 N–H and O–H groups in total. The molecule has 0 aliphatic rings. The minimum Gasteiger partial charge on any atom is -0.497 e. The van der Waals surface area contributed by atoms with E-state index in [1.807, 2.05) is 17.5 Å². The maximum absolute atomic E-state index is 12.6. The standard InChI is InChI=1S/C16H16N4O2S2/c1-10(15(21)17-11-5-7-12(22-2)8-6-11)20-14(18-19-16(20)23)13-4-3-9-24-13/h3-10H,1-2H3,(H,17,21)(H,19,23). The molecule has 24 heavy (non-hydrogen) atoms. The number of amides is 1. The van der Waals surface area contributed by atoms with E-state index in [4.69, 9.17) is 17.0 Å². The number of nitrogens with one attached hydrogen (secondary N) is 2. The Balaban J connectivity index is 1.83. The number of benzene rings is 1. The number of aromatic amines is 1. The van der Waals surface area contributed by atoms with E-state index in [-0.39, 0.29) is 5.91 Å². The highest BCUT2D eigenvalue weighted by Crippen LogP contribution is 2.26. The van der Waals surface area contributed by atoms with Crippen LogP contribution in [0.3, 0.4) is 0 Å². The fourth-order valence-electron chi connectivity index (χ4n) is 2.28. The Bertz CT molecular complexity index is 882. The van der Waals surface area contributed by atoms with E-state index in [0.29, 0.717) is 16.3 Å². The Hall–Kier alpha value is -2.45. The van der Waals surface area contributed by atoms with E-state index in [9.17, 15) is 4.79 Å². The summed E-state index contributed by atoms with van der Waals surface area (Å²) in [7, 11) is 1.60. The maximum atomic E-state index is 12.6. The Morgan fingerprint density at radius 1 is 1.38 bits per heavy atom. The van der Waals surface area contributed by atoms with Gasteiger partial charge in [-0.15, -0.1) is 11.3 Å². The third-order valence-corrected chi connectivity index (χ3v) is 4.72. The molecule has 3 rings (SSSR count). The van der Waals surface area contributed by atoms with E-state index in [0.717, 1.165) is 10.6 Å². The molecule has 0 saturated heterocycles. The molecule has 2 aromatic heterocycles. The maximum Gasteiger partial charge on any atom is 0.247 e. The second-order valence-corrected chi connectivity index (χ2v) is 6.43. The molecule has 1 aromatic carbocycles. The van der Waals surface area contributed by atoms with Gasteiger partial charge in [0.05, 0.1) is 12.0 Å². The molecular weight excluding hydrogens is 344 g/mol. The Morgan fingerprint density at radius 2 is 2.12 bits per heavy atom. The lowest BCUT2D eigenvalue weighted by Crippen LogP contribution is -2.24. The molecule has 0 radical (unpaired) electrons. The lowest BCUT2D eigenvalue weighted by Gasteiger charge is -2.15. The van der Waals surface area contributed by atoms with Crippen molar-refractivity contribution in [2.45, 2.75) is 13.0 Å². The van der Waals surface area contributed by atoms with Gasteiger partial charge in [-0.1, -0.05) is 6.07 Å². The summed E-state index contributed by atoms with van der Waals surface area (Å²) in [5, 5.41) is 11.9. The van der Waals surface area contributed by atoms with Gasteiger partial charge in [-0.05, 0) is 54.9 Å². The first-order valence-corrected chi connectivity index (χ1v) is 8.54. The fraction of sp³-hybridized carbons (Fsp3) is 0.188. The van der Waals surface area contributed by atoms with Crippen molar-refractivity contribution in [1.29, 1.82) is 0 Å². The van der Waals surface area contributed by atoms with Gasteiger partial charge in [0.2, 0.25) is 5.91 Å². The summed E-state index contributed by atoms with van der Waals surface area (Å²) in [6.07, 6.45) is 0. The molecule has 1 unspecified atom stereocenters. The van der Waals surface area contributed by atoms with Crippen LogP contribution < -0.4 is 10.1 Å². The van der Waals surface area contributed by atoms with E-state index < -0.39 is 6.04 Å². The second-order valence-electron chi connectivity index (χ2n) is 5.09. The first kappa shape index (κ1) is 16.4. The zero-order valence-corrected chi connectivity index (χ0v) is 14.8. The molecule has 0 saturated carbocycles. The molecule has 1 amide bonds. The summed E-state index contributed by atoms with van der Waals surface area (Å²) >= 11 is 6.84. The van der Waals surface area contributed by atoms with Gasteiger partial charge in [-0.25, -0.2) is 0 Å². The van der Waals surface area contributed by atoms with Gasteiger partial charge >= 0.3 is 0 Å². The highest BCUT2D eigenvalue weighted by Gasteiger charge is 2.21. The second kappa shape index (κ2) is 6.98. The quantitative estimate of drug-likeness (QED) is 0.678. The number of methoxy groups -OCH3 is 1. The zero-order valence-electron chi connectivity index (χ0n) is 13.1. The molecule has 0 spiro atoms. The largest absolute Gasteiger partial charge is 0.497 e. The molecule has 124 valence electrons. The van der Waals surface area contributed by atoms with Crippen molar-refractivity contribution in [3.05, 3.63) is 46.5 Å². The third-order valence-electron chi connectivity index (χ3n) is 3.57. The summed E-state index contributed by atoms with van der Waals surface area (Å²) in [5.74, 6) is 1.22. The number of anilines is 1. The van der Waals surface area contributed by atoms with Crippen molar-refractivity contribution in [1.82, 2.24) is 14.8 Å². The average Bonchev–Trinajstić information content (AvgIpc) is 3.24.